The van der Waals surface area contributed by atoms with E-state index in [1.54, 1.807) is 31.2 Å². The molecule has 0 aromatic heterocycles. The molecule has 33 heavy (non-hydrogen) atoms. The maximum Gasteiger partial charge on any atom is 0.407 e. The number of nitrogens with zero attached hydrogens (tertiary/aromatic N) is 3. The van der Waals surface area contributed by atoms with Crippen LogP contribution in [0.1, 0.15) is 31.7 Å². The van der Waals surface area contributed by atoms with E-state index in [9.17, 15) is 13.2 Å². The third kappa shape index (κ3) is 7.32. The molecule has 0 spiro atoms. The number of nitrogens with one attached hydrogen (secondary N) is 1. The van der Waals surface area contributed by atoms with Gasteiger partial charge in [-0.1, -0.05) is 6.92 Å². The number of benzene rings is 1. The Hall–Kier alpha value is -2.35. The summed E-state index contributed by atoms with van der Waals surface area (Å²) in [5.74, 6) is 1.09. The molecule has 2 aliphatic heterocycles. The Morgan fingerprint density at radius 3 is 2.48 bits per heavy atom. The largest absolute Gasteiger partial charge is 0.491 e. The van der Waals surface area contributed by atoms with Crippen LogP contribution in [0.4, 0.5) is 4.79 Å². The third-order valence-corrected chi connectivity index (χ3v) is 8.24. The zero-order valence-electron chi connectivity index (χ0n) is 19.4. The van der Waals surface area contributed by atoms with Crippen LogP contribution in [0.3, 0.4) is 0 Å². The van der Waals surface area contributed by atoms with Crippen LogP contribution in [-0.2, 0) is 14.6 Å². The summed E-state index contributed by atoms with van der Waals surface area (Å²) >= 11 is 0. The standard InChI is InChI=1S/C23H34N4O5S/c1-3-33(29,30)12-4-11-26-15-20-7-8-21(16-26)27(20)14-19(25-23(28)31-2)17-32-22-9-5-18(13-24)6-10-22/h5-6,9-10,19-21H,3-4,7-8,11-12,14-17H2,1-2H3,(H,25,28)/t19-,20?,21?/m0/s1. The molecule has 3 rings (SSSR count). The molecule has 2 fully saturated rings. The number of amides is 1. The van der Waals surface area contributed by atoms with Gasteiger partial charge in [-0.3, -0.25) is 4.90 Å². The molecular weight excluding hydrogens is 444 g/mol. The van der Waals surface area contributed by atoms with E-state index in [4.69, 9.17) is 14.7 Å². The minimum atomic E-state index is -2.92. The van der Waals surface area contributed by atoms with Gasteiger partial charge in [-0.25, -0.2) is 13.2 Å². The Balaban J connectivity index is 1.55. The van der Waals surface area contributed by atoms with Gasteiger partial charge in [0.15, 0.2) is 0 Å². The van der Waals surface area contributed by atoms with Gasteiger partial charge in [0, 0.05) is 37.5 Å². The van der Waals surface area contributed by atoms with Crippen molar-refractivity contribution >= 4 is 15.9 Å². The molecule has 1 aromatic carbocycles. The fraction of sp³-hybridized carbons (Fsp3) is 0.652. The summed E-state index contributed by atoms with van der Waals surface area (Å²) in [5.41, 5.74) is 0.563. The van der Waals surface area contributed by atoms with Gasteiger partial charge >= 0.3 is 6.09 Å². The van der Waals surface area contributed by atoms with Gasteiger partial charge in [0.2, 0.25) is 0 Å². The first kappa shape index (κ1) is 25.3. The van der Waals surface area contributed by atoms with Crippen molar-refractivity contribution in [3.05, 3.63) is 29.8 Å². The van der Waals surface area contributed by atoms with Crippen LogP contribution in [0.25, 0.3) is 0 Å². The zero-order valence-corrected chi connectivity index (χ0v) is 20.2. The van der Waals surface area contributed by atoms with Gasteiger partial charge < -0.3 is 19.7 Å². The minimum Gasteiger partial charge on any atom is -0.491 e. The van der Waals surface area contributed by atoms with Crippen LogP contribution in [0.15, 0.2) is 24.3 Å². The van der Waals surface area contributed by atoms with Gasteiger partial charge in [-0.2, -0.15) is 5.26 Å². The van der Waals surface area contributed by atoms with Crippen molar-refractivity contribution in [2.24, 2.45) is 0 Å². The monoisotopic (exact) mass is 478 g/mol. The summed E-state index contributed by atoms with van der Waals surface area (Å²) in [4.78, 5) is 16.7. The lowest BCUT2D eigenvalue weighted by molar-refractivity contribution is 0.0530. The molecule has 2 saturated heterocycles. The van der Waals surface area contributed by atoms with Gasteiger partial charge in [-0.15, -0.1) is 0 Å². The first-order chi connectivity index (χ1) is 15.8. The van der Waals surface area contributed by atoms with Crippen LogP contribution in [0.5, 0.6) is 5.75 Å². The number of ether oxygens (including phenoxy) is 2. The van der Waals surface area contributed by atoms with E-state index in [0.29, 0.717) is 36.4 Å². The average molecular weight is 479 g/mol. The van der Waals surface area contributed by atoms with E-state index in [-0.39, 0.29) is 24.2 Å². The number of alkyl carbamates (subject to hydrolysis) is 1. The van der Waals surface area contributed by atoms with Crippen LogP contribution >= 0.6 is 0 Å². The number of likely N-dealkylation sites (tertiary alicyclic amines) is 1. The molecular formula is C23H34N4O5S. The molecule has 10 heteroatoms. The maximum absolute atomic E-state index is 11.9. The maximum atomic E-state index is 11.9. The molecule has 1 N–H and O–H groups in total. The third-order valence-electron chi connectivity index (χ3n) is 6.45. The van der Waals surface area contributed by atoms with Gasteiger partial charge in [-0.05, 0) is 50.1 Å². The number of piperazine rings is 1. The molecule has 9 nitrogen and oxygen atoms in total. The molecule has 0 saturated carbocycles. The second-order valence-electron chi connectivity index (χ2n) is 8.71. The summed E-state index contributed by atoms with van der Waals surface area (Å²) in [6.45, 7) is 5.24. The van der Waals surface area contributed by atoms with E-state index in [2.05, 4.69) is 21.2 Å². The number of nitriles is 1. The Bertz CT molecular complexity index is 917. The lowest BCUT2D eigenvalue weighted by atomic mass is 10.1. The summed E-state index contributed by atoms with van der Waals surface area (Å²) in [6, 6.07) is 9.47. The highest BCUT2D eigenvalue weighted by molar-refractivity contribution is 7.91. The van der Waals surface area contributed by atoms with Crippen molar-refractivity contribution in [1.82, 2.24) is 15.1 Å². The SMILES string of the molecule is CCS(=O)(=O)CCCN1CC2CCC(C1)N2C[C@@H](COc1ccc(C#N)cc1)NC(=O)OC. The second kappa shape index (κ2) is 11.7. The summed E-state index contributed by atoms with van der Waals surface area (Å²) < 4.78 is 34.2. The summed E-state index contributed by atoms with van der Waals surface area (Å²) in [5, 5.41) is 11.8. The molecule has 2 heterocycles. The number of carbonyl (C=O) groups is 1. The van der Waals surface area contributed by atoms with Gasteiger partial charge in [0.1, 0.15) is 22.2 Å². The topological polar surface area (TPSA) is 112 Å². The van der Waals surface area contributed by atoms with Crippen LogP contribution in [0, 0.1) is 11.3 Å². The molecule has 0 radical (unpaired) electrons. The van der Waals surface area contributed by atoms with Crippen LogP contribution < -0.4 is 10.1 Å². The molecule has 1 amide bonds. The highest BCUT2D eigenvalue weighted by atomic mass is 32.2. The average Bonchev–Trinajstić information content (AvgIpc) is 3.04. The molecule has 182 valence electrons. The molecule has 1 aromatic rings. The number of hydrogen-bond acceptors (Lipinski definition) is 8. The quantitative estimate of drug-likeness (QED) is 0.511. The van der Waals surface area contributed by atoms with Crippen LogP contribution in [-0.4, -0.2) is 93.8 Å². The second-order valence-corrected chi connectivity index (χ2v) is 11.2. The van der Waals surface area contributed by atoms with Crippen molar-refractivity contribution in [3.63, 3.8) is 0 Å². The van der Waals surface area contributed by atoms with Crippen molar-refractivity contribution in [2.45, 2.75) is 44.3 Å². The first-order valence-corrected chi connectivity index (χ1v) is 13.3. The molecule has 0 aliphatic carbocycles. The van der Waals surface area contributed by atoms with E-state index in [1.165, 1.54) is 7.11 Å². The van der Waals surface area contributed by atoms with Crippen molar-refractivity contribution in [2.75, 3.05) is 51.4 Å². The number of sulfone groups is 1. The fourth-order valence-electron chi connectivity index (χ4n) is 4.65. The Morgan fingerprint density at radius 1 is 1.24 bits per heavy atom. The minimum absolute atomic E-state index is 0.200. The van der Waals surface area contributed by atoms with E-state index >= 15 is 0 Å². The van der Waals surface area contributed by atoms with Crippen LogP contribution in [0.2, 0.25) is 0 Å². The van der Waals surface area contributed by atoms with Crippen molar-refractivity contribution in [3.8, 4) is 11.8 Å². The predicted octanol–water partition coefficient (Wildman–Crippen LogP) is 1.64. The Morgan fingerprint density at radius 2 is 1.91 bits per heavy atom. The fourth-order valence-corrected chi connectivity index (χ4v) is 5.51. The normalized spacial score (nSPS) is 21.8. The number of carbonyl (C=O) groups excluding carboxylic acids is 1. The predicted molar refractivity (Wildman–Crippen MR) is 125 cm³/mol. The van der Waals surface area contributed by atoms with E-state index in [0.717, 1.165) is 32.5 Å². The summed E-state index contributed by atoms with van der Waals surface area (Å²) in [7, 11) is -1.58. The number of rotatable bonds is 11. The van der Waals surface area contributed by atoms with E-state index < -0.39 is 15.9 Å². The lowest BCUT2D eigenvalue weighted by Gasteiger charge is -2.42. The Labute approximate surface area is 196 Å². The van der Waals surface area contributed by atoms with Gasteiger partial charge in [0.25, 0.3) is 0 Å². The summed E-state index contributed by atoms with van der Waals surface area (Å²) in [6.07, 6.45) is 2.36. The first-order valence-electron chi connectivity index (χ1n) is 11.5. The zero-order chi connectivity index (χ0) is 23.8. The van der Waals surface area contributed by atoms with Crippen molar-refractivity contribution in [1.29, 1.82) is 5.26 Å². The highest BCUT2D eigenvalue weighted by Gasteiger charge is 2.40. The molecule has 2 aliphatic rings. The lowest BCUT2D eigenvalue weighted by Crippen LogP contribution is -2.58. The smallest absolute Gasteiger partial charge is 0.407 e. The van der Waals surface area contributed by atoms with E-state index in [1.807, 2.05) is 0 Å². The highest BCUT2D eigenvalue weighted by Crippen LogP contribution is 2.30. The molecule has 3 atom stereocenters. The number of fused-ring (bicyclic) bond motifs is 2. The van der Waals surface area contributed by atoms with Gasteiger partial charge in [0.05, 0.1) is 30.5 Å². The van der Waals surface area contributed by atoms with Crippen molar-refractivity contribution < 1.29 is 22.7 Å². The number of methoxy groups -OCH3 is 1. The molecule has 2 unspecified atom stereocenters. The Kier molecular flexibility index (Phi) is 8.95. The number of hydrogen-bond donors (Lipinski definition) is 1. The molecule has 2 bridgehead atoms.